The highest BCUT2D eigenvalue weighted by molar-refractivity contribution is 7.98. The summed E-state index contributed by atoms with van der Waals surface area (Å²) in [5.74, 6) is 1.14. The minimum absolute atomic E-state index is 1.03. The summed E-state index contributed by atoms with van der Waals surface area (Å²) in [5, 5.41) is 3.64. The second-order valence-corrected chi connectivity index (χ2v) is 8.56. The Morgan fingerprint density at radius 1 is 1.16 bits per heavy atom. The average Bonchev–Trinajstić information content (AvgIpc) is 2.98. The molecule has 6 heteroatoms. The van der Waals surface area contributed by atoms with Crippen LogP contribution in [0.5, 0.6) is 0 Å². The summed E-state index contributed by atoms with van der Waals surface area (Å²) in [6.07, 6.45) is 3.18. The maximum absolute atomic E-state index is 5.14. The number of likely N-dealkylation sites (N-methyl/N-ethyl adjacent to an activating group) is 1. The number of benzene rings is 1. The van der Waals surface area contributed by atoms with Crippen LogP contribution in [0.15, 0.2) is 34.2 Å². The molecule has 1 N–H and O–H groups in total. The fourth-order valence-corrected chi connectivity index (χ4v) is 4.76. The van der Waals surface area contributed by atoms with E-state index in [4.69, 9.17) is 4.99 Å². The fourth-order valence-electron chi connectivity index (χ4n) is 3.25. The number of hydrogen-bond acceptors (Lipinski definition) is 6. The van der Waals surface area contributed by atoms with Crippen LogP contribution in [-0.4, -0.2) is 55.1 Å². The molecule has 4 nitrogen and oxygen atoms in total. The van der Waals surface area contributed by atoms with Gasteiger partial charge in [0.2, 0.25) is 0 Å². The van der Waals surface area contributed by atoms with E-state index < -0.39 is 0 Å². The standard InChI is InChI=1S/C19H24N4S2/c1-4-13-11-17-18(25-13)19(23-9-7-22(2)8-10-23)21-16-12-14(24-3)5-6-15(16)20-17/h5-6,11-12,20H,4,7-10H2,1-3H3. The second-order valence-electron chi connectivity index (χ2n) is 6.54. The molecule has 1 saturated heterocycles. The molecule has 0 saturated carbocycles. The molecular weight excluding hydrogens is 348 g/mol. The highest BCUT2D eigenvalue weighted by Crippen LogP contribution is 2.40. The Labute approximate surface area is 157 Å². The lowest BCUT2D eigenvalue weighted by Gasteiger charge is -2.34. The van der Waals surface area contributed by atoms with Gasteiger partial charge in [-0.05, 0) is 44.0 Å². The number of nitrogens with zero attached hydrogens (tertiary/aromatic N) is 3. The normalized spacial score (nSPS) is 17.4. The summed E-state index contributed by atoms with van der Waals surface area (Å²) in [7, 11) is 2.19. The third-order valence-corrected chi connectivity index (χ3v) is 6.84. The van der Waals surface area contributed by atoms with Crippen LogP contribution in [0.3, 0.4) is 0 Å². The first-order valence-corrected chi connectivity index (χ1v) is 10.8. The van der Waals surface area contributed by atoms with Crippen LogP contribution in [-0.2, 0) is 6.42 Å². The summed E-state index contributed by atoms with van der Waals surface area (Å²) in [4.78, 5) is 13.9. The number of nitrogens with one attached hydrogen (secondary N) is 1. The van der Waals surface area contributed by atoms with Crippen molar-refractivity contribution in [3.63, 3.8) is 0 Å². The molecule has 0 spiro atoms. The number of fused-ring (bicyclic) bond motifs is 2. The summed E-state index contributed by atoms with van der Waals surface area (Å²) in [6, 6.07) is 8.81. The predicted octanol–water partition coefficient (Wildman–Crippen LogP) is 4.42. The van der Waals surface area contributed by atoms with Gasteiger partial charge in [-0.1, -0.05) is 6.92 Å². The Morgan fingerprint density at radius 2 is 1.96 bits per heavy atom. The molecule has 1 fully saturated rings. The number of thioether (sulfide) groups is 1. The van der Waals surface area contributed by atoms with Crippen LogP contribution < -0.4 is 5.32 Å². The molecule has 132 valence electrons. The van der Waals surface area contributed by atoms with E-state index in [1.807, 2.05) is 11.3 Å². The van der Waals surface area contributed by atoms with Crippen LogP contribution in [0.1, 0.15) is 16.7 Å². The van der Waals surface area contributed by atoms with Crippen LogP contribution in [0.25, 0.3) is 0 Å². The van der Waals surface area contributed by atoms with Crippen molar-refractivity contribution < 1.29 is 0 Å². The first-order valence-electron chi connectivity index (χ1n) is 8.78. The lowest BCUT2D eigenvalue weighted by Crippen LogP contribution is -2.47. The van der Waals surface area contributed by atoms with E-state index in [1.54, 1.807) is 11.8 Å². The minimum Gasteiger partial charge on any atom is -0.353 e. The van der Waals surface area contributed by atoms with Gasteiger partial charge in [-0.25, -0.2) is 4.99 Å². The SMILES string of the molecule is CCc1cc2c(s1)C(N1CCN(C)CC1)=Nc1cc(SC)ccc1N2. The molecule has 1 aromatic carbocycles. The molecule has 0 unspecified atom stereocenters. The van der Waals surface area contributed by atoms with Gasteiger partial charge >= 0.3 is 0 Å². The molecular formula is C19H24N4S2. The largest absolute Gasteiger partial charge is 0.353 e. The van der Waals surface area contributed by atoms with Crippen molar-refractivity contribution in [1.82, 2.24) is 9.80 Å². The van der Waals surface area contributed by atoms with Crippen LogP contribution >= 0.6 is 23.1 Å². The molecule has 0 aliphatic carbocycles. The second kappa shape index (κ2) is 7.02. The minimum atomic E-state index is 1.03. The molecule has 0 bridgehead atoms. The number of aryl methyl sites for hydroxylation is 1. The summed E-state index contributed by atoms with van der Waals surface area (Å²) >= 11 is 3.64. The van der Waals surface area contributed by atoms with Crippen LogP contribution in [0.4, 0.5) is 17.1 Å². The third-order valence-electron chi connectivity index (χ3n) is 4.84. The molecule has 1 aromatic heterocycles. The Balaban J connectivity index is 1.81. The molecule has 0 atom stereocenters. The topological polar surface area (TPSA) is 30.9 Å². The number of rotatable bonds is 2. The molecule has 25 heavy (non-hydrogen) atoms. The maximum Gasteiger partial charge on any atom is 0.148 e. The van der Waals surface area contributed by atoms with E-state index in [2.05, 4.69) is 59.6 Å². The van der Waals surface area contributed by atoms with Crippen molar-refractivity contribution >= 4 is 46.0 Å². The Hall–Kier alpha value is -1.50. The number of amidine groups is 1. The van der Waals surface area contributed by atoms with Gasteiger partial charge in [0.15, 0.2) is 0 Å². The van der Waals surface area contributed by atoms with Crippen molar-refractivity contribution in [2.75, 3.05) is 44.8 Å². The molecule has 2 aromatic rings. The van der Waals surface area contributed by atoms with E-state index in [0.29, 0.717) is 0 Å². The number of hydrogen-bond donors (Lipinski definition) is 1. The van der Waals surface area contributed by atoms with E-state index in [-0.39, 0.29) is 0 Å². The Kier molecular flexibility index (Phi) is 4.75. The van der Waals surface area contributed by atoms with E-state index in [1.165, 1.54) is 20.3 Å². The maximum atomic E-state index is 5.14. The van der Waals surface area contributed by atoms with Crippen molar-refractivity contribution in [3.05, 3.63) is 34.0 Å². The molecule has 2 aliphatic heterocycles. The van der Waals surface area contributed by atoms with Crippen LogP contribution in [0, 0.1) is 0 Å². The van der Waals surface area contributed by atoms with Crippen molar-refractivity contribution in [3.8, 4) is 0 Å². The highest BCUT2D eigenvalue weighted by atomic mass is 32.2. The van der Waals surface area contributed by atoms with Gasteiger partial charge in [0.25, 0.3) is 0 Å². The quantitative estimate of drug-likeness (QED) is 0.791. The summed E-state index contributed by atoms with van der Waals surface area (Å²) in [6.45, 7) is 6.46. The molecule has 0 amide bonds. The van der Waals surface area contributed by atoms with Gasteiger partial charge in [-0.2, -0.15) is 0 Å². The first kappa shape index (κ1) is 16.9. The fraction of sp³-hybridized carbons (Fsp3) is 0.421. The van der Waals surface area contributed by atoms with Gasteiger partial charge in [-0.15, -0.1) is 23.1 Å². The van der Waals surface area contributed by atoms with E-state index in [9.17, 15) is 0 Å². The highest BCUT2D eigenvalue weighted by Gasteiger charge is 2.26. The van der Waals surface area contributed by atoms with Gasteiger partial charge < -0.3 is 15.1 Å². The first-order chi connectivity index (χ1) is 12.2. The lowest BCUT2D eigenvalue weighted by atomic mass is 10.2. The summed E-state index contributed by atoms with van der Waals surface area (Å²) < 4.78 is 0. The van der Waals surface area contributed by atoms with E-state index in [0.717, 1.165) is 49.8 Å². The molecule has 0 radical (unpaired) electrons. The number of aliphatic imine (C=N–C) groups is 1. The third kappa shape index (κ3) is 3.30. The molecule has 2 aliphatic rings. The monoisotopic (exact) mass is 372 g/mol. The van der Waals surface area contributed by atoms with Crippen molar-refractivity contribution in [2.24, 2.45) is 4.99 Å². The predicted molar refractivity (Wildman–Crippen MR) is 110 cm³/mol. The average molecular weight is 373 g/mol. The Bertz CT molecular complexity index is 804. The van der Waals surface area contributed by atoms with Gasteiger partial charge in [0.05, 0.1) is 21.9 Å². The van der Waals surface area contributed by atoms with Gasteiger partial charge in [0.1, 0.15) is 5.84 Å². The number of anilines is 2. The van der Waals surface area contributed by atoms with Gasteiger partial charge in [-0.3, -0.25) is 0 Å². The zero-order valence-electron chi connectivity index (χ0n) is 15.0. The van der Waals surface area contributed by atoms with E-state index >= 15 is 0 Å². The number of thiophene rings is 1. The van der Waals surface area contributed by atoms with Crippen LogP contribution in [0.2, 0.25) is 0 Å². The molecule has 3 heterocycles. The van der Waals surface area contributed by atoms with Crippen molar-refractivity contribution in [1.29, 1.82) is 0 Å². The lowest BCUT2D eigenvalue weighted by molar-refractivity contribution is 0.216. The van der Waals surface area contributed by atoms with Gasteiger partial charge in [0, 0.05) is 36.0 Å². The van der Waals surface area contributed by atoms with Crippen molar-refractivity contribution in [2.45, 2.75) is 18.2 Å². The summed E-state index contributed by atoms with van der Waals surface area (Å²) in [5.41, 5.74) is 3.35. The molecule has 4 rings (SSSR count). The Morgan fingerprint density at radius 3 is 2.68 bits per heavy atom. The zero-order valence-corrected chi connectivity index (χ0v) is 16.6. The smallest absolute Gasteiger partial charge is 0.148 e. The number of piperazine rings is 1. The zero-order chi connectivity index (χ0) is 17.4.